The molecule has 1 nitrogen and oxygen atoms in total. The van der Waals surface area contributed by atoms with Crippen LogP contribution in [0.5, 0.6) is 0 Å². The van der Waals surface area contributed by atoms with E-state index in [0.29, 0.717) is 0 Å². The van der Waals surface area contributed by atoms with Gasteiger partial charge in [0.1, 0.15) is 0 Å². The molecule has 0 aromatic heterocycles. The predicted molar refractivity (Wildman–Crippen MR) is 65.0 cm³/mol. The molecule has 1 heterocycles. The van der Waals surface area contributed by atoms with Crippen LogP contribution >= 0.6 is 0 Å². The lowest BCUT2D eigenvalue weighted by Gasteiger charge is -2.25. The Labute approximate surface area is 93.1 Å². The molecule has 0 bridgehead atoms. The summed E-state index contributed by atoms with van der Waals surface area (Å²) < 4.78 is 0. The van der Waals surface area contributed by atoms with Gasteiger partial charge in [-0.05, 0) is 42.5 Å². The second-order valence-corrected chi connectivity index (χ2v) is 5.19. The molecule has 1 aliphatic heterocycles. The van der Waals surface area contributed by atoms with Crippen molar-refractivity contribution in [1.29, 1.82) is 0 Å². The summed E-state index contributed by atoms with van der Waals surface area (Å²) in [5.41, 5.74) is 4.60. The molecule has 2 rings (SSSR count). The van der Waals surface area contributed by atoms with E-state index in [2.05, 4.69) is 44.0 Å². The molecular formula is C14H21N. The standard InChI is InChI=1S/C14H21N/c1-11(2)8-12-4-5-13-6-7-15(3)10-14(13)9-12/h4-5,9,11H,6-8,10H2,1-3H3. The molecule has 1 aromatic rings. The van der Waals surface area contributed by atoms with Crippen molar-refractivity contribution in [3.8, 4) is 0 Å². The van der Waals surface area contributed by atoms with Crippen LogP contribution in [0.4, 0.5) is 0 Å². The van der Waals surface area contributed by atoms with Crippen LogP contribution in [0.1, 0.15) is 30.5 Å². The van der Waals surface area contributed by atoms with Crippen LogP contribution in [0.2, 0.25) is 0 Å². The summed E-state index contributed by atoms with van der Waals surface area (Å²) in [6, 6.07) is 7.05. The maximum absolute atomic E-state index is 2.41. The Balaban J connectivity index is 2.20. The molecule has 0 saturated heterocycles. The molecule has 82 valence electrons. The molecule has 1 aromatic carbocycles. The predicted octanol–water partition coefficient (Wildman–Crippen LogP) is 2.87. The second kappa shape index (κ2) is 4.36. The van der Waals surface area contributed by atoms with Gasteiger partial charge in [0.25, 0.3) is 0 Å². The SMILES string of the molecule is CC(C)Cc1ccc2c(c1)CN(C)CC2. The Morgan fingerprint density at radius 2 is 2.07 bits per heavy atom. The third kappa shape index (κ3) is 2.60. The molecule has 0 atom stereocenters. The number of hydrogen-bond donors (Lipinski definition) is 0. The van der Waals surface area contributed by atoms with Crippen molar-refractivity contribution in [3.05, 3.63) is 34.9 Å². The zero-order valence-electron chi connectivity index (χ0n) is 10.1. The van der Waals surface area contributed by atoms with Crippen molar-refractivity contribution >= 4 is 0 Å². The number of likely N-dealkylation sites (N-methyl/N-ethyl adjacent to an activating group) is 1. The lowest BCUT2D eigenvalue weighted by atomic mass is 9.94. The van der Waals surface area contributed by atoms with E-state index in [-0.39, 0.29) is 0 Å². The minimum absolute atomic E-state index is 0.754. The van der Waals surface area contributed by atoms with E-state index in [1.54, 1.807) is 11.1 Å². The molecule has 1 heteroatoms. The maximum atomic E-state index is 2.41. The van der Waals surface area contributed by atoms with E-state index in [4.69, 9.17) is 0 Å². The first-order chi connectivity index (χ1) is 7.15. The number of benzene rings is 1. The highest BCUT2D eigenvalue weighted by Crippen LogP contribution is 2.20. The fourth-order valence-electron chi connectivity index (χ4n) is 2.35. The minimum atomic E-state index is 0.754. The number of fused-ring (bicyclic) bond motifs is 1. The van der Waals surface area contributed by atoms with Gasteiger partial charge in [0.15, 0.2) is 0 Å². The Bertz CT molecular complexity index is 341. The van der Waals surface area contributed by atoms with Crippen LogP contribution < -0.4 is 0 Å². The maximum Gasteiger partial charge on any atom is 0.0233 e. The van der Waals surface area contributed by atoms with Crippen molar-refractivity contribution in [2.24, 2.45) is 5.92 Å². The fraction of sp³-hybridized carbons (Fsp3) is 0.571. The van der Waals surface area contributed by atoms with Crippen molar-refractivity contribution in [1.82, 2.24) is 4.90 Å². The van der Waals surface area contributed by atoms with Gasteiger partial charge in [-0.1, -0.05) is 32.0 Å². The largest absolute Gasteiger partial charge is 0.302 e. The third-order valence-electron chi connectivity index (χ3n) is 3.12. The lowest BCUT2D eigenvalue weighted by Crippen LogP contribution is -2.26. The van der Waals surface area contributed by atoms with Crippen LogP contribution in [0.15, 0.2) is 18.2 Å². The molecular weight excluding hydrogens is 182 g/mol. The van der Waals surface area contributed by atoms with Crippen LogP contribution in [0.25, 0.3) is 0 Å². The smallest absolute Gasteiger partial charge is 0.0233 e. The monoisotopic (exact) mass is 203 g/mol. The van der Waals surface area contributed by atoms with E-state index in [0.717, 1.165) is 12.5 Å². The molecule has 0 N–H and O–H groups in total. The summed E-state index contributed by atoms with van der Waals surface area (Å²) >= 11 is 0. The summed E-state index contributed by atoms with van der Waals surface area (Å²) in [5, 5.41) is 0. The zero-order chi connectivity index (χ0) is 10.8. The number of rotatable bonds is 2. The molecule has 0 spiro atoms. The first kappa shape index (κ1) is 10.7. The summed E-state index contributed by atoms with van der Waals surface area (Å²) in [7, 11) is 2.21. The van der Waals surface area contributed by atoms with Gasteiger partial charge < -0.3 is 4.90 Å². The minimum Gasteiger partial charge on any atom is -0.302 e. The summed E-state index contributed by atoms with van der Waals surface area (Å²) in [6.45, 7) is 6.90. The molecule has 15 heavy (non-hydrogen) atoms. The Kier molecular flexibility index (Phi) is 3.11. The Hall–Kier alpha value is -0.820. The quantitative estimate of drug-likeness (QED) is 0.714. The van der Waals surface area contributed by atoms with Gasteiger partial charge in [-0.25, -0.2) is 0 Å². The number of hydrogen-bond acceptors (Lipinski definition) is 1. The van der Waals surface area contributed by atoms with E-state index in [1.165, 1.54) is 24.9 Å². The van der Waals surface area contributed by atoms with Gasteiger partial charge in [-0.2, -0.15) is 0 Å². The highest BCUT2D eigenvalue weighted by molar-refractivity contribution is 5.33. The second-order valence-electron chi connectivity index (χ2n) is 5.19. The van der Waals surface area contributed by atoms with Crippen molar-refractivity contribution in [3.63, 3.8) is 0 Å². The topological polar surface area (TPSA) is 3.24 Å². The summed E-state index contributed by atoms with van der Waals surface area (Å²) in [6.07, 6.45) is 2.42. The van der Waals surface area contributed by atoms with E-state index < -0.39 is 0 Å². The Morgan fingerprint density at radius 1 is 1.27 bits per heavy atom. The van der Waals surface area contributed by atoms with Gasteiger partial charge in [0.2, 0.25) is 0 Å². The zero-order valence-corrected chi connectivity index (χ0v) is 10.1. The lowest BCUT2D eigenvalue weighted by molar-refractivity contribution is 0.312. The molecule has 0 radical (unpaired) electrons. The van der Waals surface area contributed by atoms with Crippen molar-refractivity contribution in [2.75, 3.05) is 13.6 Å². The average Bonchev–Trinajstić information content (AvgIpc) is 2.16. The van der Waals surface area contributed by atoms with Gasteiger partial charge in [0.05, 0.1) is 0 Å². The first-order valence-electron chi connectivity index (χ1n) is 5.94. The van der Waals surface area contributed by atoms with E-state index >= 15 is 0 Å². The van der Waals surface area contributed by atoms with Crippen LogP contribution in [0.3, 0.4) is 0 Å². The summed E-state index contributed by atoms with van der Waals surface area (Å²) in [4.78, 5) is 2.40. The molecule has 0 aliphatic carbocycles. The first-order valence-corrected chi connectivity index (χ1v) is 5.94. The Morgan fingerprint density at radius 3 is 2.80 bits per heavy atom. The fourth-order valence-corrected chi connectivity index (χ4v) is 2.35. The summed E-state index contributed by atoms with van der Waals surface area (Å²) in [5.74, 6) is 0.754. The van der Waals surface area contributed by atoms with Gasteiger partial charge in [-0.3, -0.25) is 0 Å². The molecule has 0 unspecified atom stereocenters. The van der Waals surface area contributed by atoms with Crippen LogP contribution in [0, 0.1) is 5.92 Å². The molecule has 0 amide bonds. The van der Waals surface area contributed by atoms with Gasteiger partial charge >= 0.3 is 0 Å². The van der Waals surface area contributed by atoms with E-state index in [1.807, 2.05) is 0 Å². The molecule has 0 fully saturated rings. The molecule has 1 aliphatic rings. The highest BCUT2D eigenvalue weighted by atomic mass is 15.1. The van der Waals surface area contributed by atoms with E-state index in [9.17, 15) is 0 Å². The van der Waals surface area contributed by atoms with Crippen molar-refractivity contribution < 1.29 is 0 Å². The third-order valence-corrected chi connectivity index (χ3v) is 3.12. The molecule has 0 saturated carbocycles. The van der Waals surface area contributed by atoms with Gasteiger partial charge in [-0.15, -0.1) is 0 Å². The van der Waals surface area contributed by atoms with Gasteiger partial charge in [0, 0.05) is 13.1 Å². The highest BCUT2D eigenvalue weighted by Gasteiger charge is 2.13. The number of nitrogens with zero attached hydrogens (tertiary/aromatic N) is 1. The average molecular weight is 203 g/mol. The van der Waals surface area contributed by atoms with Crippen molar-refractivity contribution in [2.45, 2.75) is 33.2 Å². The normalized spacial score (nSPS) is 16.8. The van der Waals surface area contributed by atoms with Crippen LogP contribution in [-0.4, -0.2) is 18.5 Å². The van der Waals surface area contributed by atoms with Crippen LogP contribution in [-0.2, 0) is 19.4 Å².